The third-order valence-electron chi connectivity index (χ3n) is 3.15. The first kappa shape index (κ1) is 20.2. The van der Waals surface area contributed by atoms with Crippen LogP contribution in [0.15, 0.2) is 48.5 Å². The largest absolute Gasteiger partial charge is 0.416 e. The fraction of sp³-hybridized carbons (Fsp3) is 0.125. The van der Waals surface area contributed by atoms with Gasteiger partial charge in [0, 0.05) is 5.69 Å². The molecule has 7 nitrogen and oxygen atoms in total. The number of carbonyl (C=O) groups excluding carboxylic acids is 2. The summed E-state index contributed by atoms with van der Waals surface area (Å²) < 4.78 is 62.2. The van der Waals surface area contributed by atoms with Crippen LogP contribution in [0, 0.1) is 0 Å². The molecular formula is C16H14F3N3O4S. The van der Waals surface area contributed by atoms with Crippen molar-refractivity contribution in [3.63, 3.8) is 0 Å². The molecule has 0 heterocycles. The second-order valence-corrected chi connectivity index (χ2v) is 7.16. The van der Waals surface area contributed by atoms with Gasteiger partial charge in [0.2, 0.25) is 10.0 Å². The Bertz CT molecular complexity index is 975. The number of benzene rings is 2. The van der Waals surface area contributed by atoms with E-state index in [2.05, 4.69) is 10.6 Å². The highest BCUT2D eigenvalue weighted by Crippen LogP contribution is 2.30. The number of urea groups is 1. The first-order valence-corrected chi connectivity index (χ1v) is 9.21. The summed E-state index contributed by atoms with van der Waals surface area (Å²) in [6, 6.07) is 8.64. The first-order chi connectivity index (χ1) is 12.5. The molecule has 27 heavy (non-hydrogen) atoms. The van der Waals surface area contributed by atoms with Crippen molar-refractivity contribution in [3.05, 3.63) is 59.7 Å². The summed E-state index contributed by atoms with van der Waals surface area (Å²) in [6.45, 7) is 0. The van der Waals surface area contributed by atoms with Gasteiger partial charge in [-0.1, -0.05) is 18.2 Å². The standard InChI is InChI=1S/C16H14F3N3O4S/c1-27(25,26)22-14(23)12-7-2-3-8-13(12)21-15(24)20-11-6-4-5-10(9-11)16(17,18)19/h2-9H,1H3,(H,22,23)(H2,20,21,24). The van der Waals surface area contributed by atoms with Crippen LogP contribution >= 0.6 is 0 Å². The van der Waals surface area contributed by atoms with Gasteiger partial charge in [-0.2, -0.15) is 13.2 Å². The van der Waals surface area contributed by atoms with Crippen molar-refractivity contribution in [1.82, 2.24) is 4.72 Å². The number of anilines is 2. The zero-order valence-corrected chi connectivity index (χ0v) is 14.6. The van der Waals surface area contributed by atoms with Gasteiger partial charge in [0.15, 0.2) is 0 Å². The van der Waals surface area contributed by atoms with E-state index < -0.39 is 33.7 Å². The number of halogens is 3. The van der Waals surface area contributed by atoms with E-state index in [0.29, 0.717) is 0 Å². The number of para-hydroxylation sites is 1. The van der Waals surface area contributed by atoms with Crippen LogP contribution in [0.5, 0.6) is 0 Å². The third kappa shape index (κ3) is 5.99. The maximum absolute atomic E-state index is 12.7. The minimum absolute atomic E-state index is 0.0249. The fourth-order valence-corrected chi connectivity index (χ4v) is 2.52. The van der Waals surface area contributed by atoms with Crippen LogP contribution in [0.1, 0.15) is 15.9 Å². The lowest BCUT2D eigenvalue weighted by molar-refractivity contribution is -0.137. The summed E-state index contributed by atoms with van der Waals surface area (Å²) in [6.07, 6.45) is -3.77. The molecule has 0 bridgehead atoms. The Morgan fingerprint density at radius 2 is 1.63 bits per heavy atom. The Labute approximate surface area is 152 Å². The lowest BCUT2D eigenvalue weighted by atomic mass is 10.1. The van der Waals surface area contributed by atoms with Gasteiger partial charge in [-0.05, 0) is 30.3 Å². The van der Waals surface area contributed by atoms with Crippen LogP contribution in [0.2, 0.25) is 0 Å². The van der Waals surface area contributed by atoms with E-state index in [-0.39, 0.29) is 16.9 Å². The minimum atomic E-state index is -4.56. The number of sulfonamides is 1. The van der Waals surface area contributed by atoms with E-state index in [0.717, 1.165) is 24.5 Å². The molecular weight excluding hydrogens is 387 g/mol. The van der Waals surface area contributed by atoms with Crippen molar-refractivity contribution in [2.24, 2.45) is 0 Å². The summed E-state index contributed by atoms with van der Waals surface area (Å²) in [5, 5.41) is 4.51. The smallest absolute Gasteiger partial charge is 0.308 e. The number of alkyl halides is 3. The van der Waals surface area contributed by atoms with Gasteiger partial charge >= 0.3 is 12.2 Å². The summed E-state index contributed by atoms with van der Waals surface area (Å²) in [5.41, 5.74) is -1.21. The van der Waals surface area contributed by atoms with E-state index in [9.17, 15) is 31.2 Å². The third-order valence-corrected chi connectivity index (χ3v) is 3.70. The number of hydrogen-bond donors (Lipinski definition) is 3. The highest BCUT2D eigenvalue weighted by Gasteiger charge is 2.30. The Morgan fingerprint density at radius 3 is 2.26 bits per heavy atom. The zero-order chi connectivity index (χ0) is 20.2. The molecule has 0 fully saturated rings. The molecule has 0 saturated carbocycles. The molecule has 11 heteroatoms. The van der Waals surface area contributed by atoms with E-state index >= 15 is 0 Å². The molecule has 0 aliphatic heterocycles. The topological polar surface area (TPSA) is 104 Å². The number of rotatable bonds is 4. The molecule has 0 saturated heterocycles. The normalized spacial score (nSPS) is 11.6. The maximum Gasteiger partial charge on any atom is 0.416 e. The lowest BCUT2D eigenvalue weighted by Crippen LogP contribution is -2.30. The van der Waals surface area contributed by atoms with E-state index in [1.165, 1.54) is 30.3 Å². The SMILES string of the molecule is CS(=O)(=O)NC(=O)c1ccccc1NC(=O)Nc1cccc(C(F)(F)F)c1. The van der Waals surface area contributed by atoms with E-state index in [1.807, 2.05) is 0 Å². The van der Waals surface area contributed by atoms with Gasteiger partial charge in [0.1, 0.15) is 0 Å². The van der Waals surface area contributed by atoms with Gasteiger partial charge in [-0.3, -0.25) is 4.79 Å². The predicted octanol–water partition coefficient (Wildman–Crippen LogP) is 3.04. The maximum atomic E-state index is 12.7. The zero-order valence-electron chi connectivity index (χ0n) is 13.8. The number of hydrogen-bond acceptors (Lipinski definition) is 4. The van der Waals surface area contributed by atoms with Crippen LogP contribution in [-0.2, 0) is 16.2 Å². The van der Waals surface area contributed by atoms with Gasteiger partial charge in [-0.25, -0.2) is 17.9 Å². The molecule has 0 atom stereocenters. The van der Waals surface area contributed by atoms with Gasteiger partial charge < -0.3 is 10.6 Å². The van der Waals surface area contributed by atoms with Crippen LogP contribution < -0.4 is 15.4 Å². The molecule has 0 unspecified atom stereocenters. The van der Waals surface area contributed by atoms with Crippen molar-refractivity contribution in [1.29, 1.82) is 0 Å². The molecule has 2 rings (SSSR count). The second kappa shape index (κ2) is 7.66. The van der Waals surface area contributed by atoms with E-state index in [1.54, 1.807) is 4.72 Å². The highest BCUT2D eigenvalue weighted by molar-refractivity contribution is 7.89. The van der Waals surface area contributed by atoms with Gasteiger partial charge in [-0.15, -0.1) is 0 Å². The van der Waals surface area contributed by atoms with Gasteiger partial charge in [0.25, 0.3) is 5.91 Å². The first-order valence-electron chi connectivity index (χ1n) is 7.32. The van der Waals surface area contributed by atoms with Crippen LogP contribution in [0.4, 0.5) is 29.3 Å². The van der Waals surface area contributed by atoms with Crippen LogP contribution in [0.3, 0.4) is 0 Å². The second-order valence-electron chi connectivity index (χ2n) is 5.41. The Balaban J connectivity index is 2.16. The molecule has 2 aromatic carbocycles. The molecule has 0 aliphatic carbocycles. The lowest BCUT2D eigenvalue weighted by Gasteiger charge is -2.13. The molecule has 0 aromatic heterocycles. The number of nitrogens with one attached hydrogen (secondary N) is 3. The van der Waals surface area contributed by atoms with Crippen molar-refractivity contribution < 1.29 is 31.2 Å². The Morgan fingerprint density at radius 1 is 0.963 bits per heavy atom. The average molecular weight is 401 g/mol. The molecule has 0 radical (unpaired) electrons. The summed E-state index contributed by atoms with van der Waals surface area (Å²) in [4.78, 5) is 24.0. The predicted molar refractivity (Wildman–Crippen MR) is 92.8 cm³/mol. The summed E-state index contributed by atoms with van der Waals surface area (Å²) >= 11 is 0. The van der Waals surface area contributed by atoms with Gasteiger partial charge in [0.05, 0.1) is 23.1 Å². The number of amides is 3. The molecule has 144 valence electrons. The van der Waals surface area contributed by atoms with E-state index in [4.69, 9.17) is 0 Å². The quantitative estimate of drug-likeness (QED) is 0.732. The van der Waals surface area contributed by atoms with Crippen molar-refractivity contribution in [2.75, 3.05) is 16.9 Å². The molecule has 0 spiro atoms. The molecule has 3 amide bonds. The Kier molecular flexibility index (Phi) is 5.74. The van der Waals surface area contributed by atoms with Crippen LogP contribution in [0.25, 0.3) is 0 Å². The van der Waals surface area contributed by atoms with Crippen LogP contribution in [-0.4, -0.2) is 26.6 Å². The number of carbonyl (C=O) groups is 2. The highest BCUT2D eigenvalue weighted by atomic mass is 32.2. The van der Waals surface area contributed by atoms with Crippen molar-refractivity contribution in [3.8, 4) is 0 Å². The van der Waals surface area contributed by atoms with Crippen molar-refractivity contribution >= 4 is 33.3 Å². The Hall–Kier alpha value is -3.08. The molecule has 0 aliphatic rings. The molecule has 2 aromatic rings. The molecule has 3 N–H and O–H groups in total. The summed E-state index contributed by atoms with van der Waals surface area (Å²) in [7, 11) is -3.82. The average Bonchev–Trinajstić information content (AvgIpc) is 2.53. The monoisotopic (exact) mass is 401 g/mol. The minimum Gasteiger partial charge on any atom is -0.308 e. The van der Waals surface area contributed by atoms with Crippen molar-refractivity contribution in [2.45, 2.75) is 6.18 Å². The fourth-order valence-electron chi connectivity index (χ4n) is 2.07. The summed E-state index contributed by atoms with van der Waals surface area (Å²) in [5.74, 6) is -0.965.